The highest BCUT2D eigenvalue weighted by Gasteiger charge is 2.63. The Morgan fingerprint density at radius 2 is 1.44 bits per heavy atom. The second kappa shape index (κ2) is 15.5. The number of aryl methyl sites for hydroxylation is 2. The molecule has 0 aliphatic carbocycles. The summed E-state index contributed by atoms with van der Waals surface area (Å²) in [6.07, 6.45) is -0.188. The Labute approximate surface area is 298 Å². The maximum Gasteiger partial charge on any atom is 0.330 e. The van der Waals surface area contributed by atoms with Crippen molar-refractivity contribution in [2.45, 2.75) is 103 Å². The van der Waals surface area contributed by atoms with Gasteiger partial charge in [0.05, 0.1) is 6.61 Å². The summed E-state index contributed by atoms with van der Waals surface area (Å²) >= 11 is 0. The highest BCUT2D eigenvalue weighted by atomic mass is 16.8. The number of hydrogen-bond donors (Lipinski definition) is 2. The van der Waals surface area contributed by atoms with Crippen molar-refractivity contribution in [3.8, 4) is 0 Å². The highest BCUT2D eigenvalue weighted by molar-refractivity contribution is 5.85. The van der Waals surface area contributed by atoms with Crippen LogP contribution >= 0.6 is 0 Å². The first-order valence-corrected chi connectivity index (χ1v) is 17.1. The van der Waals surface area contributed by atoms with Crippen molar-refractivity contribution in [2.75, 3.05) is 13.7 Å². The summed E-state index contributed by atoms with van der Waals surface area (Å²) in [6.45, 7) is 11.4. The minimum atomic E-state index is -1.45. The Kier molecular flexibility index (Phi) is 11.5. The first-order valence-electron chi connectivity index (χ1n) is 17.1. The normalized spacial score (nSPS) is 29.4. The van der Waals surface area contributed by atoms with E-state index >= 15 is 0 Å². The fourth-order valence-electron chi connectivity index (χ4n) is 6.95. The summed E-state index contributed by atoms with van der Waals surface area (Å²) in [5, 5.41) is 1.18. The van der Waals surface area contributed by atoms with Crippen LogP contribution in [0.15, 0.2) is 61.9 Å². The van der Waals surface area contributed by atoms with Gasteiger partial charge in [-0.1, -0.05) is 51.1 Å². The van der Waals surface area contributed by atoms with Crippen molar-refractivity contribution in [3.63, 3.8) is 0 Å². The number of H-pyrrole nitrogens is 2. The molecule has 1 aromatic carbocycles. The lowest BCUT2D eigenvalue weighted by atomic mass is 9.83. The molecule has 0 spiro atoms. The topological polar surface area (TPSA) is 202 Å². The van der Waals surface area contributed by atoms with E-state index in [2.05, 4.69) is 9.97 Å². The van der Waals surface area contributed by atoms with Crippen LogP contribution in [0.2, 0.25) is 0 Å². The number of aromatic nitrogens is 4. The van der Waals surface area contributed by atoms with Gasteiger partial charge in [0, 0.05) is 49.5 Å². The molecule has 8 atom stereocenters. The third kappa shape index (κ3) is 6.93. The number of carbonyl (C=O) groups excluding carboxylic acids is 2. The quantitative estimate of drug-likeness (QED) is 0.271. The van der Waals surface area contributed by atoms with Crippen LogP contribution in [0.1, 0.15) is 69.7 Å². The molecule has 6 rings (SSSR count). The molecule has 2 aromatic heterocycles. The lowest BCUT2D eigenvalue weighted by Gasteiger charge is -2.38. The molecule has 17 nitrogen and oxygen atoms in total. The molecule has 3 saturated heterocycles. The molecule has 0 saturated carbocycles. The number of nitrogens with one attached hydrogen (secondary N) is 2. The summed E-state index contributed by atoms with van der Waals surface area (Å²) in [6, 6.07) is 9.51. The molecule has 17 heteroatoms. The molecule has 5 heterocycles. The van der Waals surface area contributed by atoms with Gasteiger partial charge in [0.15, 0.2) is 24.2 Å². The van der Waals surface area contributed by atoms with Gasteiger partial charge in [-0.2, -0.15) is 0 Å². The van der Waals surface area contributed by atoms with Crippen molar-refractivity contribution in [1.82, 2.24) is 24.2 Å². The van der Waals surface area contributed by atoms with Crippen LogP contribution in [0.4, 0.5) is 0 Å². The predicted octanol–water partition coefficient (Wildman–Crippen LogP) is 1.57. The molecule has 3 fully saturated rings. The smallest absolute Gasteiger partial charge is 0.330 e. The Morgan fingerprint density at radius 3 is 1.98 bits per heavy atom. The molecular formula is C35H45N5O12. The molecule has 3 aromatic rings. The third-order valence-corrected chi connectivity index (χ3v) is 9.84. The van der Waals surface area contributed by atoms with Crippen LogP contribution in [0.3, 0.4) is 0 Å². The minimum Gasteiger partial charge on any atom is -0.432 e. The van der Waals surface area contributed by atoms with E-state index in [9.17, 15) is 28.8 Å². The third-order valence-electron chi connectivity index (χ3n) is 9.84. The SMILES string of the molecule is CCO[C@H]1C(OCc2ccccc2)[C@](CC)(OC=O)O[C@H]1n1cc(C)c(=O)[nH]c1=O.CC[C@]12O[C@@H](n3cc(C)c(=O)[nH]c3=O)[C@@H](ON(C)C1=O)C2C. The van der Waals surface area contributed by atoms with Gasteiger partial charge in [-0.05, 0) is 32.8 Å². The van der Waals surface area contributed by atoms with Gasteiger partial charge >= 0.3 is 11.4 Å². The zero-order chi connectivity index (χ0) is 38.0. The molecule has 3 aliphatic heterocycles. The van der Waals surface area contributed by atoms with Gasteiger partial charge < -0.3 is 23.7 Å². The average molecular weight is 728 g/mol. The van der Waals surface area contributed by atoms with Crippen molar-refractivity contribution < 1.29 is 38.1 Å². The second-order valence-electron chi connectivity index (χ2n) is 12.9. The minimum absolute atomic E-state index is 0.203. The molecule has 1 amide bonds. The number of rotatable bonds is 11. The number of carbonyl (C=O) groups is 2. The van der Waals surface area contributed by atoms with Crippen LogP contribution in [-0.2, 0) is 44.7 Å². The summed E-state index contributed by atoms with van der Waals surface area (Å²) in [5.74, 6) is -1.91. The van der Waals surface area contributed by atoms with E-state index in [1.807, 2.05) is 44.2 Å². The second-order valence-corrected chi connectivity index (χ2v) is 12.9. The van der Waals surface area contributed by atoms with Crippen LogP contribution in [0, 0.1) is 19.8 Å². The summed E-state index contributed by atoms with van der Waals surface area (Å²) < 4.78 is 32.0. The molecule has 0 radical (unpaired) electrons. The number of ether oxygens (including phenoxy) is 5. The monoisotopic (exact) mass is 727 g/mol. The maximum absolute atomic E-state index is 12.5. The van der Waals surface area contributed by atoms with Gasteiger partial charge in [-0.3, -0.25) is 43.1 Å². The molecule has 2 bridgehead atoms. The number of likely N-dealkylation sites (N-methyl/N-ethyl adjacent to an activating group) is 1. The first kappa shape index (κ1) is 38.5. The van der Waals surface area contributed by atoms with Crippen LogP contribution in [-0.4, -0.2) is 79.9 Å². The molecule has 52 heavy (non-hydrogen) atoms. The molecule has 282 valence electrons. The van der Waals surface area contributed by atoms with Gasteiger partial charge in [0.1, 0.15) is 12.2 Å². The molecule has 2 unspecified atom stereocenters. The van der Waals surface area contributed by atoms with E-state index in [0.29, 0.717) is 30.6 Å². The number of aromatic amines is 2. The first-order chi connectivity index (χ1) is 24.8. The molecule has 2 N–H and O–H groups in total. The Balaban J connectivity index is 0.000000210. The highest BCUT2D eigenvalue weighted by Crippen LogP contribution is 2.49. The van der Waals surface area contributed by atoms with Crippen LogP contribution < -0.4 is 22.5 Å². The van der Waals surface area contributed by atoms with Gasteiger partial charge in [-0.25, -0.2) is 14.7 Å². The lowest BCUT2D eigenvalue weighted by molar-refractivity contribution is -0.257. The number of hydroxylamine groups is 2. The number of amides is 1. The maximum atomic E-state index is 12.5. The van der Waals surface area contributed by atoms with E-state index in [4.69, 9.17) is 28.5 Å². The standard InChI is InChI=1S/C21H26N2O7.C14H19N3O5/c1-4-21(29-13-24)17(28-12-15-9-7-6-8-10-15)16(27-5-2)19(30-21)23-11-14(3)18(25)22-20(23)26;1-5-14-8(3)9(22-16(4)12(14)19)11(21-14)17-6-7(2)10(18)15-13(17)20/h6-11,13,16-17,19H,4-5,12H2,1-3H3,(H,22,25,26);6,8-9,11H,5H2,1-4H3,(H,15,18,20)/t16-,17?,19+,21+;8?,9-,11+,14+/m00/s1. The number of nitrogens with zero attached hydrogens (tertiary/aromatic N) is 3. The van der Waals surface area contributed by atoms with E-state index in [1.165, 1.54) is 33.6 Å². The number of fused-ring (bicyclic) bond motifs is 2. The Bertz CT molecular complexity index is 1990. The van der Waals surface area contributed by atoms with E-state index in [-0.39, 0.29) is 24.9 Å². The molecular weight excluding hydrogens is 682 g/mol. The average Bonchev–Trinajstić information content (AvgIpc) is 3.54. The van der Waals surface area contributed by atoms with E-state index < -0.39 is 64.7 Å². The Hall–Kier alpha value is -4.68. The zero-order valence-corrected chi connectivity index (χ0v) is 30.2. The number of hydrogen-bond acceptors (Lipinski definition) is 12. The summed E-state index contributed by atoms with van der Waals surface area (Å²) in [5.41, 5.74) is -1.51. The summed E-state index contributed by atoms with van der Waals surface area (Å²) in [4.78, 5) is 81.8. The lowest BCUT2D eigenvalue weighted by Crippen LogP contribution is -2.56. The molecule has 3 aliphatic rings. The van der Waals surface area contributed by atoms with Gasteiger partial charge in [0.2, 0.25) is 5.79 Å². The zero-order valence-electron chi connectivity index (χ0n) is 30.2. The Morgan fingerprint density at radius 1 is 0.846 bits per heavy atom. The van der Waals surface area contributed by atoms with Gasteiger partial charge in [-0.15, -0.1) is 0 Å². The van der Waals surface area contributed by atoms with Crippen molar-refractivity contribution in [3.05, 3.63) is 101 Å². The fourth-order valence-corrected chi connectivity index (χ4v) is 6.95. The van der Waals surface area contributed by atoms with Crippen molar-refractivity contribution in [1.29, 1.82) is 0 Å². The van der Waals surface area contributed by atoms with Crippen LogP contribution in [0.5, 0.6) is 0 Å². The van der Waals surface area contributed by atoms with Crippen molar-refractivity contribution in [2.24, 2.45) is 5.92 Å². The van der Waals surface area contributed by atoms with Crippen LogP contribution in [0.25, 0.3) is 0 Å². The fraction of sp³-hybridized carbons (Fsp3) is 0.543. The van der Waals surface area contributed by atoms with E-state index in [0.717, 1.165) is 5.56 Å². The number of benzene rings is 1. The van der Waals surface area contributed by atoms with Gasteiger partial charge in [0.25, 0.3) is 23.5 Å². The summed E-state index contributed by atoms with van der Waals surface area (Å²) in [7, 11) is 1.54. The van der Waals surface area contributed by atoms with Crippen molar-refractivity contribution >= 4 is 12.4 Å². The largest absolute Gasteiger partial charge is 0.432 e. The predicted molar refractivity (Wildman–Crippen MR) is 183 cm³/mol. The van der Waals surface area contributed by atoms with E-state index in [1.54, 1.807) is 27.7 Å².